The molecule has 0 aliphatic heterocycles. The van der Waals surface area contributed by atoms with Crippen LogP contribution in [0.25, 0.3) is 110 Å². The molecule has 0 atom stereocenters. The quantitative estimate of drug-likeness (QED) is 0.181. The minimum absolute atomic E-state index is 0.555. The van der Waals surface area contributed by atoms with E-state index in [1.165, 1.54) is 16.8 Å². The first-order chi connectivity index (χ1) is 27.4. The lowest BCUT2D eigenvalue weighted by atomic mass is 10.0. The molecule has 0 aliphatic rings. The first-order valence-electron chi connectivity index (χ1n) is 18.4. The molecule has 0 saturated carbocycles. The second-order valence-corrected chi connectivity index (χ2v) is 14.4. The average Bonchev–Trinajstić information content (AvgIpc) is 3.97. The van der Waals surface area contributed by atoms with Crippen molar-refractivity contribution >= 4 is 87.5 Å². The molecule has 56 heavy (non-hydrogen) atoms. The molecule has 0 radical (unpaired) electrons. The van der Waals surface area contributed by atoms with Gasteiger partial charge in [0.25, 0.3) is 0 Å². The fraction of sp³-hybridized carbons (Fsp3) is 0.0204. The SMILES string of the molecule is FC(F)(F)c1ccc2c(c1)c1ccccc1n2-c1ccc2oc3ccc(-c4ccc5oc6ccc(-n7c8ccccc8c8ccccc87)cc6c5c4)cc3c2c1. The fourth-order valence-electron chi connectivity index (χ4n) is 8.80. The van der Waals surface area contributed by atoms with Crippen molar-refractivity contribution in [3.63, 3.8) is 0 Å². The Morgan fingerprint density at radius 1 is 0.339 bits per heavy atom. The predicted octanol–water partition coefficient (Wildman–Crippen LogP) is 14.4. The Kier molecular flexibility index (Phi) is 6.20. The minimum atomic E-state index is -4.44. The zero-order chi connectivity index (χ0) is 37.3. The number of para-hydroxylation sites is 3. The molecule has 12 aromatic rings. The molecule has 0 aliphatic carbocycles. The van der Waals surface area contributed by atoms with Gasteiger partial charge in [0, 0.05) is 54.5 Å². The first kappa shape index (κ1) is 31.1. The summed E-state index contributed by atoms with van der Waals surface area (Å²) in [6.07, 6.45) is -4.44. The summed E-state index contributed by atoms with van der Waals surface area (Å²) in [5.41, 5.74) is 10.3. The molecular weight excluding hydrogens is 706 g/mol. The number of hydrogen-bond donors (Lipinski definition) is 0. The van der Waals surface area contributed by atoms with Gasteiger partial charge in [-0.05, 0) is 108 Å². The van der Waals surface area contributed by atoms with Gasteiger partial charge in [-0.3, -0.25) is 0 Å². The Morgan fingerprint density at radius 3 is 1.20 bits per heavy atom. The Hall–Kier alpha value is -7.25. The zero-order valence-corrected chi connectivity index (χ0v) is 29.4. The molecule has 0 spiro atoms. The van der Waals surface area contributed by atoms with Gasteiger partial charge >= 0.3 is 6.18 Å². The molecule has 8 aromatic carbocycles. The molecule has 4 aromatic heterocycles. The van der Waals surface area contributed by atoms with E-state index in [-0.39, 0.29) is 0 Å². The van der Waals surface area contributed by atoms with E-state index >= 15 is 0 Å². The van der Waals surface area contributed by atoms with Gasteiger partial charge in [0.1, 0.15) is 22.3 Å². The summed E-state index contributed by atoms with van der Waals surface area (Å²) in [7, 11) is 0. The lowest BCUT2D eigenvalue weighted by Gasteiger charge is -2.09. The molecule has 4 heterocycles. The number of nitrogens with zero attached hydrogens (tertiary/aromatic N) is 2. The average molecular weight is 733 g/mol. The lowest BCUT2D eigenvalue weighted by molar-refractivity contribution is -0.137. The smallest absolute Gasteiger partial charge is 0.416 e. The van der Waals surface area contributed by atoms with Gasteiger partial charge < -0.3 is 18.0 Å². The number of benzene rings is 8. The molecule has 0 fully saturated rings. The Labute approximate surface area is 315 Å². The van der Waals surface area contributed by atoms with E-state index < -0.39 is 11.7 Å². The van der Waals surface area contributed by atoms with Gasteiger partial charge in [-0.1, -0.05) is 66.7 Å². The molecule has 12 rings (SSSR count). The number of halogens is 3. The van der Waals surface area contributed by atoms with E-state index in [4.69, 9.17) is 8.83 Å². The van der Waals surface area contributed by atoms with Gasteiger partial charge in [0.05, 0.1) is 27.6 Å². The number of rotatable bonds is 3. The molecule has 266 valence electrons. The van der Waals surface area contributed by atoms with Crippen LogP contribution in [0.3, 0.4) is 0 Å². The third kappa shape index (κ3) is 4.42. The second kappa shape index (κ2) is 11.1. The van der Waals surface area contributed by atoms with Crippen LogP contribution in [0.2, 0.25) is 0 Å². The number of furan rings is 2. The van der Waals surface area contributed by atoms with Crippen LogP contribution in [0.4, 0.5) is 13.2 Å². The first-order valence-corrected chi connectivity index (χ1v) is 18.4. The second-order valence-electron chi connectivity index (χ2n) is 14.4. The van der Waals surface area contributed by atoms with E-state index in [0.29, 0.717) is 10.9 Å². The number of aromatic nitrogens is 2. The van der Waals surface area contributed by atoms with Crippen LogP contribution in [-0.2, 0) is 6.18 Å². The van der Waals surface area contributed by atoms with Crippen molar-refractivity contribution < 1.29 is 22.0 Å². The van der Waals surface area contributed by atoms with E-state index in [1.807, 2.05) is 53.1 Å². The van der Waals surface area contributed by atoms with Crippen LogP contribution in [0.1, 0.15) is 5.56 Å². The summed E-state index contributed by atoms with van der Waals surface area (Å²) in [4.78, 5) is 0. The standard InChI is InChI=1S/C49H27F3N2O2/c50-49(51,52)30-15-18-44-36(25-30)35-9-3-6-12-43(35)54(44)32-17-22-48-40(27-32)38-24-29(14-20-46(38)56-48)28-13-19-45-37(23-28)39-26-31(16-21-47(39)55-45)53-41-10-4-1-7-33(41)34-8-2-5-11-42(34)53/h1-27H. The lowest BCUT2D eigenvalue weighted by Crippen LogP contribution is -2.04. The third-order valence-electron chi connectivity index (χ3n) is 11.3. The number of alkyl halides is 3. The van der Waals surface area contributed by atoms with Crippen molar-refractivity contribution in [1.29, 1.82) is 0 Å². The number of fused-ring (bicyclic) bond motifs is 12. The molecule has 0 unspecified atom stereocenters. The normalized spacial score (nSPS) is 12.6. The van der Waals surface area contributed by atoms with Crippen LogP contribution < -0.4 is 0 Å². The molecule has 7 heteroatoms. The van der Waals surface area contributed by atoms with Crippen molar-refractivity contribution in [2.24, 2.45) is 0 Å². The summed E-state index contributed by atoms with van der Waals surface area (Å²) in [6.45, 7) is 0. The maximum Gasteiger partial charge on any atom is 0.416 e. The highest BCUT2D eigenvalue weighted by atomic mass is 19.4. The maximum atomic E-state index is 13.8. The van der Waals surface area contributed by atoms with Crippen molar-refractivity contribution in [2.75, 3.05) is 0 Å². The third-order valence-corrected chi connectivity index (χ3v) is 11.3. The Bertz CT molecular complexity index is 3540. The predicted molar refractivity (Wildman–Crippen MR) is 220 cm³/mol. The fourth-order valence-corrected chi connectivity index (χ4v) is 8.80. The molecule has 0 amide bonds. The summed E-state index contributed by atoms with van der Waals surface area (Å²) in [5, 5.41) is 7.68. The van der Waals surface area contributed by atoms with Crippen LogP contribution in [0, 0.1) is 0 Å². The van der Waals surface area contributed by atoms with E-state index in [2.05, 4.69) is 102 Å². The van der Waals surface area contributed by atoms with Gasteiger partial charge in [0.15, 0.2) is 0 Å². The van der Waals surface area contributed by atoms with Crippen LogP contribution in [0.5, 0.6) is 0 Å². The summed E-state index contributed by atoms with van der Waals surface area (Å²) in [6, 6.07) is 53.5. The maximum absolute atomic E-state index is 13.8. The summed E-state index contributed by atoms with van der Waals surface area (Å²) in [5.74, 6) is 0. The van der Waals surface area contributed by atoms with E-state index in [9.17, 15) is 13.2 Å². The van der Waals surface area contributed by atoms with Gasteiger partial charge in [-0.15, -0.1) is 0 Å². The molecule has 0 N–H and O–H groups in total. The van der Waals surface area contributed by atoms with Gasteiger partial charge in [0.2, 0.25) is 0 Å². The van der Waals surface area contributed by atoms with Crippen molar-refractivity contribution in [2.45, 2.75) is 6.18 Å². The summed E-state index contributed by atoms with van der Waals surface area (Å²) >= 11 is 0. The van der Waals surface area contributed by atoms with E-state index in [1.54, 1.807) is 6.07 Å². The number of hydrogen-bond acceptors (Lipinski definition) is 2. The highest BCUT2D eigenvalue weighted by Crippen LogP contribution is 2.41. The van der Waals surface area contributed by atoms with Crippen LogP contribution >= 0.6 is 0 Å². The minimum Gasteiger partial charge on any atom is -0.456 e. The molecule has 4 nitrogen and oxygen atoms in total. The van der Waals surface area contributed by atoms with Crippen molar-refractivity contribution in [3.8, 4) is 22.5 Å². The van der Waals surface area contributed by atoms with Crippen molar-refractivity contribution in [3.05, 3.63) is 169 Å². The molecular formula is C49H27F3N2O2. The molecule has 0 bridgehead atoms. The summed E-state index contributed by atoms with van der Waals surface area (Å²) < 4.78 is 58.3. The Balaban J connectivity index is 1.000. The van der Waals surface area contributed by atoms with Crippen molar-refractivity contribution in [1.82, 2.24) is 9.13 Å². The van der Waals surface area contributed by atoms with E-state index in [0.717, 1.165) is 94.4 Å². The van der Waals surface area contributed by atoms with Crippen LogP contribution in [-0.4, -0.2) is 9.13 Å². The van der Waals surface area contributed by atoms with Gasteiger partial charge in [-0.25, -0.2) is 0 Å². The largest absolute Gasteiger partial charge is 0.456 e. The highest BCUT2D eigenvalue weighted by Gasteiger charge is 2.31. The van der Waals surface area contributed by atoms with Crippen LogP contribution in [0.15, 0.2) is 173 Å². The topological polar surface area (TPSA) is 36.1 Å². The monoisotopic (exact) mass is 732 g/mol. The zero-order valence-electron chi connectivity index (χ0n) is 29.4. The molecule has 0 saturated heterocycles. The van der Waals surface area contributed by atoms with Gasteiger partial charge in [-0.2, -0.15) is 13.2 Å². The Morgan fingerprint density at radius 2 is 0.732 bits per heavy atom. The highest BCUT2D eigenvalue weighted by molar-refractivity contribution is 6.13.